The van der Waals surface area contributed by atoms with E-state index in [1.807, 2.05) is 6.92 Å². The molecule has 0 aliphatic carbocycles. The van der Waals surface area contributed by atoms with Gasteiger partial charge in [0.15, 0.2) is 0 Å². The van der Waals surface area contributed by atoms with Gasteiger partial charge >= 0.3 is 5.97 Å². The summed E-state index contributed by atoms with van der Waals surface area (Å²) in [6.07, 6.45) is 0.0922. The third-order valence-corrected chi connectivity index (χ3v) is 2.63. The van der Waals surface area contributed by atoms with E-state index >= 15 is 0 Å². The first-order valence-electron chi connectivity index (χ1n) is 5.79. The normalized spacial score (nSPS) is 12.2. The van der Waals surface area contributed by atoms with Crippen LogP contribution in [0.2, 0.25) is 0 Å². The van der Waals surface area contributed by atoms with Crippen LogP contribution < -0.4 is 5.32 Å². The maximum Gasteiger partial charge on any atom is 0.335 e. The van der Waals surface area contributed by atoms with E-state index in [4.69, 9.17) is 9.84 Å². The Morgan fingerprint density at radius 3 is 2.78 bits per heavy atom. The van der Waals surface area contributed by atoms with Gasteiger partial charge in [-0.05, 0) is 37.1 Å². The molecule has 1 aromatic rings. The van der Waals surface area contributed by atoms with E-state index in [9.17, 15) is 9.90 Å². The zero-order valence-corrected chi connectivity index (χ0v) is 10.6. The summed E-state index contributed by atoms with van der Waals surface area (Å²) in [5, 5.41) is 21.5. The van der Waals surface area contributed by atoms with Crippen molar-refractivity contribution in [1.82, 2.24) is 0 Å². The molecule has 5 heteroatoms. The molecule has 1 atom stereocenters. The molecule has 5 nitrogen and oxygen atoms in total. The second-order valence-corrected chi connectivity index (χ2v) is 4.16. The minimum absolute atomic E-state index is 0.275. The van der Waals surface area contributed by atoms with Gasteiger partial charge in [-0.1, -0.05) is 0 Å². The number of ether oxygens (including phenoxy) is 1. The molecule has 0 aromatic heterocycles. The number of methoxy groups -OCH3 is 1. The molecule has 100 valence electrons. The number of nitrogens with one attached hydrogen (secondary N) is 1. The molecule has 1 aromatic carbocycles. The van der Waals surface area contributed by atoms with Crippen LogP contribution in [-0.2, 0) is 4.74 Å². The van der Waals surface area contributed by atoms with Crippen molar-refractivity contribution < 1.29 is 19.7 Å². The number of carbonyl (C=O) groups is 1. The van der Waals surface area contributed by atoms with Gasteiger partial charge in [-0.3, -0.25) is 0 Å². The summed E-state index contributed by atoms with van der Waals surface area (Å²) in [6.45, 7) is 2.77. The summed E-state index contributed by atoms with van der Waals surface area (Å²) in [5.74, 6) is -0.930. The number of carboxylic acid groups (broad SMARTS) is 1. The van der Waals surface area contributed by atoms with E-state index in [1.54, 1.807) is 25.3 Å². The molecular formula is C13H19NO4. The van der Waals surface area contributed by atoms with Crippen LogP contribution in [0.25, 0.3) is 0 Å². The largest absolute Gasteiger partial charge is 0.478 e. The number of aromatic carboxylic acids is 1. The predicted molar refractivity (Wildman–Crippen MR) is 69.1 cm³/mol. The molecule has 0 amide bonds. The molecule has 0 fully saturated rings. The molecule has 0 bridgehead atoms. The van der Waals surface area contributed by atoms with Crippen molar-refractivity contribution in [1.29, 1.82) is 0 Å². The Labute approximate surface area is 106 Å². The summed E-state index contributed by atoms with van der Waals surface area (Å²) in [5.41, 5.74) is 2.03. The average molecular weight is 253 g/mol. The summed E-state index contributed by atoms with van der Waals surface area (Å²) in [6, 6.07) is 4.92. The van der Waals surface area contributed by atoms with Gasteiger partial charge in [0, 0.05) is 19.3 Å². The number of carboxylic acids is 1. The van der Waals surface area contributed by atoms with Crippen LogP contribution in [0.5, 0.6) is 0 Å². The Kier molecular flexibility index (Phi) is 5.61. The predicted octanol–water partition coefficient (Wildman–Crippen LogP) is 1.50. The number of hydrogen-bond acceptors (Lipinski definition) is 4. The van der Waals surface area contributed by atoms with Crippen LogP contribution in [-0.4, -0.2) is 42.5 Å². The third-order valence-electron chi connectivity index (χ3n) is 2.63. The number of anilines is 1. The Morgan fingerprint density at radius 2 is 2.22 bits per heavy atom. The molecule has 0 radical (unpaired) electrons. The molecule has 0 aliphatic rings. The van der Waals surface area contributed by atoms with Crippen molar-refractivity contribution in [2.75, 3.05) is 25.6 Å². The van der Waals surface area contributed by atoms with Crippen molar-refractivity contribution in [2.45, 2.75) is 19.4 Å². The van der Waals surface area contributed by atoms with Gasteiger partial charge in [0.05, 0.1) is 18.3 Å². The molecular weight excluding hydrogens is 234 g/mol. The smallest absolute Gasteiger partial charge is 0.335 e. The van der Waals surface area contributed by atoms with Crippen LogP contribution in [0.3, 0.4) is 0 Å². The summed E-state index contributed by atoms with van der Waals surface area (Å²) < 4.78 is 4.83. The second kappa shape index (κ2) is 6.98. The number of hydrogen-bond donors (Lipinski definition) is 3. The second-order valence-electron chi connectivity index (χ2n) is 4.16. The lowest BCUT2D eigenvalue weighted by Gasteiger charge is -2.13. The molecule has 0 aliphatic heterocycles. The summed E-state index contributed by atoms with van der Waals surface area (Å²) >= 11 is 0. The fourth-order valence-corrected chi connectivity index (χ4v) is 1.64. The fraction of sp³-hybridized carbons (Fsp3) is 0.462. The lowest BCUT2D eigenvalue weighted by Crippen LogP contribution is -2.18. The molecule has 0 saturated carbocycles. The van der Waals surface area contributed by atoms with Crippen LogP contribution in [0, 0.1) is 6.92 Å². The van der Waals surface area contributed by atoms with E-state index in [-0.39, 0.29) is 5.56 Å². The van der Waals surface area contributed by atoms with Crippen molar-refractivity contribution in [3.05, 3.63) is 29.3 Å². The van der Waals surface area contributed by atoms with E-state index in [0.717, 1.165) is 11.3 Å². The van der Waals surface area contributed by atoms with Crippen molar-refractivity contribution in [2.24, 2.45) is 0 Å². The van der Waals surface area contributed by atoms with Gasteiger partial charge in [-0.2, -0.15) is 0 Å². The topological polar surface area (TPSA) is 78.8 Å². The number of aliphatic hydroxyl groups excluding tert-OH is 1. The fourth-order valence-electron chi connectivity index (χ4n) is 1.64. The van der Waals surface area contributed by atoms with E-state index in [0.29, 0.717) is 19.6 Å². The number of aliphatic hydroxyl groups is 1. The van der Waals surface area contributed by atoms with Crippen molar-refractivity contribution in [3.8, 4) is 0 Å². The number of aryl methyl sites for hydroxylation is 1. The minimum atomic E-state index is -0.930. The van der Waals surface area contributed by atoms with Gasteiger partial charge in [-0.15, -0.1) is 0 Å². The first kappa shape index (κ1) is 14.5. The van der Waals surface area contributed by atoms with Crippen LogP contribution in [0.15, 0.2) is 18.2 Å². The van der Waals surface area contributed by atoms with E-state index < -0.39 is 12.1 Å². The zero-order valence-electron chi connectivity index (χ0n) is 10.6. The van der Waals surface area contributed by atoms with E-state index in [2.05, 4.69) is 5.32 Å². The molecule has 1 unspecified atom stereocenters. The first-order valence-corrected chi connectivity index (χ1v) is 5.79. The third kappa shape index (κ3) is 4.35. The minimum Gasteiger partial charge on any atom is -0.478 e. The standard InChI is InChI=1S/C13H19NO4/c1-9-7-10(13(16)17)3-4-12(9)14-6-5-11(15)8-18-2/h3-4,7,11,14-15H,5-6,8H2,1-2H3,(H,16,17). The van der Waals surface area contributed by atoms with Crippen molar-refractivity contribution in [3.63, 3.8) is 0 Å². The Morgan fingerprint density at radius 1 is 1.50 bits per heavy atom. The SMILES string of the molecule is COCC(O)CCNc1ccc(C(=O)O)cc1C. The maximum atomic E-state index is 10.8. The lowest BCUT2D eigenvalue weighted by molar-refractivity contribution is 0.0615. The van der Waals surface area contributed by atoms with Gasteiger partial charge in [-0.25, -0.2) is 4.79 Å². The quantitative estimate of drug-likeness (QED) is 0.686. The zero-order chi connectivity index (χ0) is 13.5. The lowest BCUT2D eigenvalue weighted by atomic mass is 10.1. The Hall–Kier alpha value is -1.59. The van der Waals surface area contributed by atoms with Gasteiger partial charge in [0.2, 0.25) is 0 Å². The van der Waals surface area contributed by atoms with Crippen LogP contribution in [0.4, 0.5) is 5.69 Å². The van der Waals surface area contributed by atoms with Gasteiger partial charge in [0.1, 0.15) is 0 Å². The maximum absolute atomic E-state index is 10.8. The average Bonchev–Trinajstić information content (AvgIpc) is 2.31. The molecule has 0 saturated heterocycles. The van der Waals surface area contributed by atoms with Gasteiger partial charge in [0.25, 0.3) is 0 Å². The molecule has 0 heterocycles. The highest BCUT2D eigenvalue weighted by atomic mass is 16.5. The van der Waals surface area contributed by atoms with Crippen LogP contribution >= 0.6 is 0 Å². The van der Waals surface area contributed by atoms with Crippen molar-refractivity contribution >= 4 is 11.7 Å². The monoisotopic (exact) mass is 253 g/mol. The molecule has 1 rings (SSSR count). The summed E-state index contributed by atoms with van der Waals surface area (Å²) in [7, 11) is 1.55. The number of benzene rings is 1. The highest BCUT2D eigenvalue weighted by Crippen LogP contribution is 2.16. The van der Waals surface area contributed by atoms with Crippen LogP contribution in [0.1, 0.15) is 22.3 Å². The number of rotatable bonds is 7. The highest BCUT2D eigenvalue weighted by Gasteiger charge is 2.06. The first-order chi connectivity index (χ1) is 8.54. The molecule has 0 spiro atoms. The molecule has 18 heavy (non-hydrogen) atoms. The molecule has 3 N–H and O–H groups in total. The van der Waals surface area contributed by atoms with E-state index in [1.165, 1.54) is 0 Å². The Bertz CT molecular complexity index is 406. The highest BCUT2D eigenvalue weighted by molar-refractivity contribution is 5.88. The van der Waals surface area contributed by atoms with Gasteiger partial charge < -0.3 is 20.3 Å². The Balaban J connectivity index is 2.50. The summed E-state index contributed by atoms with van der Waals surface area (Å²) in [4.78, 5) is 10.8.